The first-order valence-corrected chi connectivity index (χ1v) is 6.35. The summed E-state index contributed by atoms with van der Waals surface area (Å²) in [5.41, 5.74) is 0.563. The molecule has 0 spiro atoms. The Morgan fingerprint density at radius 2 is 2.15 bits per heavy atom. The maximum Gasteiger partial charge on any atom is 0.328 e. The van der Waals surface area contributed by atoms with Gasteiger partial charge in [0.2, 0.25) is 5.91 Å². The number of nitrogens with one attached hydrogen (secondary N) is 1. The van der Waals surface area contributed by atoms with E-state index in [1.54, 1.807) is 18.2 Å². The predicted octanol–water partition coefficient (Wildman–Crippen LogP) is 2.22. The molecule has 0 aliphatic carbocycles. The molecule has 1 rings (SSSR count). The van der Waals surface area contributed by atoms with Gasteiger partial charge in [-0.05, 0) is 29.8 Å². The number of carboxylic acids is 1. The Bertz CT molecular complexity index is 531. The Labute approximate surface area is 126 Å². The van der Waals surface area contributed by atoms with E-state index in [-0.39, 0.29) is 6.61 Å². The minimum Gasteiger partial charge on any atom is -0.480 e. The van der Waals surface area contributed by atoms with Crippen LogP contribution in [0, 0.1) is 0 Å². The largest absolute Gasteiger partial charge is 0.480 e. The number of ether oxygens (including phenoxy) is 1. The molecule has 0 saturated heterocycles. The summed E-state index contributed by atoms with van der Waals surface area (Å²) < 4.78 is 4.71. The van der Waals surface area contributed by atoms with E-state index in [1.807, 2.05) is 0 Å². The SMILES string of the molecule is COCC(NC(=O)/C=C/c1cc(Cl)ccc1Cl)C(=O)O. The number of carboxylic acid groups (broad SMARTS) is 1. The van der Waals surface area contributed by atoms with Gasteiger partial charge in [0.25, 0.3) is 0 Å². The van der Waals surface area contributed by atoms with Gasteiger partial charge in [0, 0.05) is 23.2 Å². The van der Waals surface area contributed by atoms with E-state index in [0.29, 0.717) is 15.6 Å². The van der Waals surface area contributed by atoms with Crippen LogP contribution >= 0.6 is 23.2 Å². The Hall–Kier alpha value is -1.56. The first-order chi connectivity index (χ1) is 9.43. The maximum atomic E-state index is 11.6. The summed E-state index contributed by atoms with van der Waals surface area (Å²) in [4.78, 5) is 22.4. The zero-order valence-corrected chi connectivity index (χ0v) is 12.1. The third-order valence-corrected chi connectivity index (χ3v) is 2.90. The average Bonchev–Trinajstić information content (AvgIpc) is 2.39. The third-order valence-electron chi connectivity index (χ3n) is 2.32. The lowest BCUT2D eigenvalue weighted by atomic mass is 10.2. The molecule has 0 fully saturated rings. The summed E-state index contributed by atoms with van der Waals surface area (Å²) in [6.45, 7) is -0.118. The summed E-state index contributed by atoms with van der Waals surface area (Å²) >= 11 is 11.7. The van der Waals surface area contributed by atoms with Crippen LogP contribution in [0.15, 0.2) is 24.3 Å². The van der Waals surface area contributed by atoms with Crippen molar-refractivity contribution in [1.82, 2.24) is 5.32 Å². The molecular weight excluding hydrogens is 305 g/mol. The number of methoxy groups -OCH3 is 1. The molecule has 0 aromatic heterocycles. The molecule has 2 N–H and O–H groups in total. The highest BCUT2D eigenvalue weighted by molar-refractivity contribution is 6.34. The van der Waals surface area contributed by atoms with Gasteiger partial charge in [-0.25, -0.2) is 4.79 Å². The van der Waals surface area contributed by atoms with Gasteiger partial charge in [0.1, 0.15) is 0 Å². The van der Waals surface area contributed by atoms with E-state index >= 15 is 0 Å². The van der Waals surface area contributed by atoms with Crippen molar-refractivity contribution in [1.29, 1.82) is 0 Å². The van der Waals surface area contributed by atoms with Gasteiger partial charge in [-0.1, -0.05) is 23.2 Å². The Morgan fingerprint density at radius 1 is 1.45 bits per heavy atom. The average molecular weight is 318 g/mol. The van der Waals surface area contributed by atoms with Gasteiger partial charge in [0.05, 0.1) is 6.61 Å². The summed E-state index contributed by atoms with van der Waals surface area (Å²) in [6.07, 6.45) is 2.64. The molecule has 1 aromatic carbocycles. The fourth-order valence-corrected chi connectivity index (χ4v) is 1.73. The molecule has 5 nitrogen and oxygen atoms in total. The van der Waals surface area contributed by atoms with Crippen LogP contribution < -0.4 is 5.32 Å². The molecule has 0 bridgehead atoms. The van der Waals surface area contributed by atoms with Crippen LogP contribution in [0.4, 0.5) is 0 Å². The number of rotatable bonds is 6. The molecule has 0 radical (unpaired) electrons. The molecule has 0 heterocycles. The fraction of sp³-hybridized carbons (Fsp3) is 0.231. The molecule has 20 heavy (non-hydrogen) atoms. The second kappa shape index (κ2) is 7.89. The number of hydrogen-bond acceptors (Lipinski definition) is 3. The highest BCUT2D eigenvalue weighted by atomic mass is 35.5. The summed E-state index contributed by atoms with van der Waals surface area (Å²) in [6, 6.07) is 3.72. The van der Waals surface area contributed by atoms with Crippen molar-refractivity contribution in [2.75, 3.05) is 13.7 Å². The van der Waals surface area contributed by atoms with Gasteiger partial charge in [0.15, 0.2) is 6.04 Å². The fourth-order valence-electron chi connectivity index (χ4n) is 1.37. The van der Waals surface area contributed by atoms with E-state index in [9.17, 15) is 9.59 Å². The number of amides is 1. The molecule has 7 heteroatoms. The Kier molecular flexibility index (Phi) is 6.51. The van der Waals surface area contributed by atoms with E-state index < -0.39 is 17.9 Å². The van der Waals surface area contributed by atoms with E-state index in [1.165, 1.54) is 19.3 Å². The second-order valence-corrected chi connectivity index (χ2v) is 4.70. The monoisotopic (exact) mass is 317 g/mol. The Balaban J connectivity index is 2.72. The zero-order valence-electron chi connectivity index (χ0n) is 10.6. The zero-order chi connectivity index (χ0) is 15.1. The minimum absolute atomic E-state index is 0.118. The summed E-state index contributed by atoms with van der Waals surface area (Å²) in [7, 11) is 1.35. The van der Waals surface area contributed by atoms with Crippen LogP contribution in [0.5, 0.6) is 0 Å². The van der Waals surface area contributed by atoms with Gasteiger partial charge in [-0.15, -0.1) is 0 Å². The predicted molar refractivity (Wildman–Crippen MR) is 76.9 cm³/mol. The number of halogens is 2. The van der Waals surface area contributed by atoms with Gasteiger partial charge < -0.3 is 15.2 Å². The molecule has 1 amide bonds. The smallest absolute Gasteiger partial charge is 0.328 e. The number of carbonyl (C=O) groups excluding carboxylic acids is 1. The molecule has 0 saturated carbocycles. The topological polar surface area (TPSA) is 75.6 Å². The van der Waals surface area contributed by atoms with Crippen LogP contribution in [0.2, 0.25) is 10.0 Å². The number of aliphatic carboxylic acids is 1. The van der Waals surface area contributed by atoms with Crippen molar-refractivity contribution in [2.24, 2.45) is 0 Å². The highest BCUT2D eigenvalue weighted by Gasteiger charge is 2.18. The lowest BCUT2D eigenvalue weighted by Gasteiger charge is -2.11. The van der Waals surface area contributed by atoms with Crippen LogP contribution in [0.1, 0.15) is 5.56 Å². The molecule has 1 aromatic rings. The van der Waals surface area contributed by atoms with Crippen molar-refractivity contribution in [3.63, 3.8) is 0 Å². The number of hydrogen-bond donors (Lipinski definition) is 2. The maximum absolute atomic E-state index is 11.6. The number of carbonyl (C=O) groups is 2. The lowest BCUT2D eigenvalue weighted by molar-refractivity contribution is -0.142. The van der Waals surface area contributed by atoms with E-state index in [0.717, 1.165) is 0 Å². The quantitative estimate of drug-likeness (QED) is 0.789. The molecule has 108 valence electrons. The molecule has 1 unspecified atom stereocenters. The standard InChI is InChI=1S/C13H13Cl2NO4/c1-20-7-11(13(18)19)16-12(17)5-2-8-6-9(14)3-4-10(8)15/h2-6,11H,7H2,1H3,(H,16,17)(H,18,19)/b5-2+. The summed E-state index contributed by atoms with van der Waals surface area (Å²) in [5.74, 6) is -1.74. The van der Waals surface area contributed by atoms with Gasteiger partial charge in [-0.3, -0.25) is 4.79 Å². The van der Waals surface area contributed by atoms with Crippen molar-refractivity contribution in [2.45, 2.75) is 6.04 Å². The van der Waals surface area contributed by atoms with Crippen LogP contribution in [0.3, 0.4) is 0 Å². The highest BCUT2D eigenvalue weighted by Crippen LogP contribution is 2.21. The number of benzene rings is 1. The normalized spacial score (nSPS) is 12.3. The first-order valence-electron chi connectivity index (χ1n) is 5.59. The van der Waals surface area contributed by atoms with Crippen molar-refractivity contribution in [3.8, 4) is 0 Å². The van der Waals surface area contributed by atoms with Crippen molar-refractivity contribution < 1.29 is 19.4 Å². The second-order valence-electron chi connectivity index (χ2n) is 3.85. The van der Waals surface area contributed by atoms with Crippen LogP contribution in [-0.4, -0.2) is 36.7 Å². The van der Waals surface area contributed by atoms with E-state index in [2.05, 4.69) is 5.32 Å². The van der Waals surface area contributed by atoms with Gasteiger partial charge in [-0.2, -0.15) is 0 Å². The van der Waals surface area contributed by atoms with Crippen LogP contribution in [0.25, 0.3) is 6.08 Å². The first kappa shape index (κ1) is 16.5. The van der Waals surface area contributed by atoms with Gasteiger partial charge >= 0.3 is 5.97 Å². The van der Waals surface area contributed by atoms with E-state index in [4.69, 9.17) is 33.0 Å². The van der Waals surface area contributed by atoms with Crippen molar-refractivity contribution in [3.05, 3.63) is 39.9 Å². The lowest BCUT2D eigenvalue weighted by Crippen LogP contribution is -2.43. The Morgan fingerprint density at radius 3 is 2.75 bits per heavy atom. The van der Waals surface area contributed by atoms with Crippen LogP contribution in [-0.2, 0) is 14.3 Å². The molecule has 1 atom stereocenters. The molecule has 0 aliphatic heterocycles. The third kappa shape index (κ3) is 5.21. The summed E-state index contributed by atoms with van der Waals surface area (Å²) in [5, 5.41) is 12.1. The minimum atomic E-state index is -1.17. The van der Waals surface area contributed by atoms with Crippen molar-refractivity contribution >= 4 is 41.2 Å². The molecular formula is C13H13Cl2NO4. The molecule has 0 aliphatic rings.